The highest BCUT2D eigenvalue weighted by atomic mass is 16.6. The number of hydrogen-bond acceptors (Lipinski definition) is 6. The molecular weight excluding hydrogens is 376 g/mol. The van der Waals surface area contributed by atoms with Gasteiger partial charge in [0.15, 0.2) is 0 Å². The zero-order chi connectivity index (χ0) is 22.5. The van der Waals surface area contributed by atoms with Crippen molar-refractivity contribution >= 4 is 18.0 Å². The molecule has 29 heavy (non-hydrogen) atoms. The van der Waals surface area contributed by atoms with Crippen molar-refractivity contribution in [2.45, 2.75) is 54.1 Å². The number of ether oxygens (including phenoxy) is 3. The van der Waals surface area contributed by atoms with E-state index < -0.39 is 17.7 Å². The Labute approximate surface area is 171 Å². The molecule has 160 valence electrons. The smallest absolute Gasteiger partial charge is 0.418 e. The number of aryl methyl sites for hydroxylation is 3. The lowest BCUT2D eigenvalue weighted by Crippen LogP contribution is -2.28. The third-order valence-corrected chi connectivity index (χ3v) is 3.97. The minimum atomic E-state index is -0.578. The van der Waals surface area contributed by atoms with Gasteiger partial charge in [-0.1, -0.05) is 0 Å². The lowest BCUT2D eigenvalue weighted by molar-refractivity contribution is 0.0529. The summed E-state index contributed by atoms with van der Waals surface area (Å²) in [6, 6.07) is 3.40. The molecule has 0 aliphatic rings. The third kappa shape index (κ3) is 6.23. The molecule has 0 radical (unpaired) electrons. The fraction of sp³-hybridized carbons (Fsp3) is 0.476. The van der Waals surface area contributed by atoms with E-state index in [1.165, 1.54) is 18.8 Å². The van der Waals surface area contributed by atoms with E-state index in [-0.39, 0.29) is 5.97 Å². The quantitative estimate of drug-likeness (QED) is 0.596. The monoisotopic (exact) mass is 406 g/mol. The SMILES string of the molecule is COC(=O)c1cc(C)[nH]c1C.COC(=O)c1cc(C)n(C(=O)OC(C)(C)C)c1C. The molecular formula is C21H30N2O6. The van der Waals surface area contributed by atoms with Crippen molar-refractivity contribution in [1.29, 1.82) is 0 Å². The molecule has 8 nitrogen and oxygen atoms in total. The molecule has 0 fully saturated rings. The number of nitrogens with one attached hydrogen (secondary N) is 1. The van der Waals surface area contributed by atoms with Gasteiger partial charge in [-0.15, -0.1) is 0 Å². The lowest BCUT2D eigenvalue weighted by atomic mass is 10.2. The van der Waals surface area contributed by atoms with Crippen molar-refractivity contribution in [3.8, 4) is 0 Å². The molecule has 0 atom stereocenters. The number of aromatic amines is 1. The highest BCUT2D eigenvalue weighted by Crippen LogP contribution is 2.18. The summed E-state index contributed by atoms with van der Waals surface area (Å²) in [4.78, 5) is 37.6. The average molecular weight is 406 g/mol. The summed E-state index contributed by atoms with van der Waals surface area (Å²) in [6.07, 6.45) is -0.493. The molecule has 2 aromatic heterocycles. The second kappa shape index (κ2) is 9.45. The number of aromatic nitrogens is 2. The third-order valence-electron chi connectivity index (χ3n) is 3.97. The molecule has 8 heteroatoms. The first-order valence-corrected chi connectivity index (χ1v) is 9.07. The highest BCUT2D eigenvalue weighted by molar-refractivity contribution is 5.92. The predicted molar refractivity (Wildman–Crippen MR) is 108 cm³/mol. The van der Waals surface area contributed by atoms with Crippen molar-refractivity contribution < 1.29 is 28.6 Å². The van der Waals surface area contributed by atoms with Crippen LogP contribution in [0.5, 0.6) is 0 Å². The average Bonchev–Trinajstić information content (AvgIpc) is 3.10. The van der Waals surface area contributed by atoms with Crippen molar-refractivity contribution in [2.24, 2.45) is 0 Å². The van der Waals surface area contributed by atoms with Crippen LogP contribution in [0.1, 0.15) is 64.3 Å². The van der Waals surface area contributed by atoms with Crippen molar-refractivity contribution in [2.75, 3.05) is 14.2 Å². The van der Waals surface area contributed by atoms with Crippen LogP contribution >= 0.6 is 0 Å². The van der Waals surface area contributed by atoms with Gasteiger partial charge in [-0.2, -0.15) is 0 Å². The summed E-state index contributed by atoms with van der Waals surface area (Å²) >= 11 is 0. The summed E-state index contributed by atoms with van der Waals surface area (Å²) < 4.78 is 15.9. The fourth-order valence-corrected chi connectivity index (χ4v) is 2.71. The molecule has 0 saturated heterocycles. The molecule has 0 spiro atoms. The molecule has 0 saturated carbocycles. The van der Waals surface area contributed by atoms with Crippen molar-refractivity contribution in [3.63, 3.8) is 0 Å². The second-order valence-corrected chi connectivity index (χ2v) is 7.57. The Balaban J connectivity index is 0.000000326. The van der Waals surface area contributed by atoms with Crippen LogP contribution in [0.4, 0.5) is 4.79 Å². The van der Waals surface area contributed by atoms with E-state index in [9.17, 15) is 14.4 Å². The number of hydrogen-bond donors (Lipinski definition) is 1. The van der Waals surface area contributed by atoms with Gasteiger partial charge in [0.1, 0.15) is 5.60 Å². The standard InChI is InChI=1S/C13H19NO4.C8H11NO2/c1-8-7-10(11(15)17-6)9(2)14(8)12(16)18-13(3,4)5;1-5-4-7(6(2)9-5)8(10)11-3/h7H,1-6H3;4,9H,1-3H3. The lowest BCUT2D eigenvalue weighted by Gasteiger charge is -2.20. The van der Waals surface area contributed by atoms with Crippen LogP contribution in [0, 0.1) is 27.7 Å². The Kier molecular flexibility index (Phi) is 7.82. The maximum absolute atomic E-state index is 12.0. The maximum Gasteiger partial charge on any atom is 0.418 e. The highest BCUT2D eigenvalue weighted by Gasteiger charge is 2.24. The molecule has 0 bridgehead atoms. The molecule has 2 heterocycles. The summed E-state index contributed by atoms with van der Waals surface area (Å²) in [5, 5.41) is 0. The van der Waals surface area contributed by atoms with Crippen LogP contribution in [-0.2, 0) is 14.2 Å². The van der Waals surface area contributed by atoms with Gasteiger partial charge in [0, 0.05) is 22.8 Å². The zero-order valence-corrected chi connectivity index (χ0v) is 18.6. The first-order chi connectivity index (χ1) is 13.3. The van der Waals surface area contributed by atoms with Gasteiger partial charge in [-0.3, -0.25) is 4.57 Å². The van der Waals surface area contributed by atoms with Gasteiger partial charge in [-0.25, -0.2) is 14.4 Å². The minimum absolute atomic E-state index is 0.285. The summed E-state index contributed by atoms with van der Waals surface area (Å²) in [7, 11) is 2.69. The van der Waals surface area contributed by atoms with Gasteiger partial charge in [0.2, 0.25) is 0 Å². The molecule has 1 N–H and O–H groups in total. The molecule has 2 aromatic rings. The molecule has 0 aromatic carbocycles. The first-order valence-electron chi connectivity index (χ1n) is 9.07. The van der Waals surface area contributed by atoms with E-state index in [1.807, 2.05) is 13.8 Å². The van der Waals surface area contributed by atoms with Crippen LogP contribution < -0.4 is 0 Å². The Morgan fingerprint density at radius 2 is 1.41 bits per heavy atom. The van der Waals surface area contributed by atoms with Crippen molar-refractivity contribution in [1.82, 2.24) is 9.55 Å². The number of nitrogens with zero attached hydrogens (tertiary/aromatic N) is 1. The van der Waals surface area contributed by atoms with Crippen LogP contribution in [-0.4, -0.2) is 47.4 Å². The van der Waals surface area contributed by atoms with Crippen LogP contribution in [0.2, 0.25) is 0 Å². The van der Waals surface area contributed by atoms with Gasteiger partial charge < -0.3 is 19.2 Å². The van der Waals surface area contributed by atoms with Crippen LogP contribution in [0.15, 0.2) is 12.1 Å². The molecule has 0 unspecified atom stereocenters. The number of methoxy groups -OCH3 is 2. The summed E-state index contributed by atoms with van der Waals surface area (Å²) in [5.41, 5.74) is 3.41. The van der Waals surface area contributed by atoms with E-state index in [4.69, 9.17) is 4.74 Å². The Hall–Kier alpha value is -3.03. The zero-order valence-electron chi connectivity index (χ0n) is 18.6. The van der Waals surface area contributed by atoms with E-state index in [0.717, 1.165) is 11.4 Å². The largest absolute Gasteiger partial charge is 0.465 e. The van der Waals surface area contributed by atoms with Gasteiger partial charge >= 0.3 is 18.0 Å². The Morgan fingerprint density at radius 3 is 1.83 bits per heavy atom. The van der Waals surface area contributed by atoms with Gasteiger partial charge in [0.05, 0.1) is 25.3 Å². The number of carbonyl (C=O) groups excluding carboxylic acids is 3. The molecule has 2 rings (SSSR count). The van der Waals surface area contributed by atoms with E-state index in [2.05, 4.69) is 14.5 Å². The first kappa shape index (κ1) is 24.0. The Bertz CT molecular complexity index is 899. The van der Waals surface area contributed by atoms with Crippen LogP contribution in [0.25, 0.3) is 0 Å². The predicted octanol–water partition coefficient (Wildman–Crippen LogP) is 4.09. The normalized spacial score (nSPS) is 10.7. The van der Waals surface area contributed by atoms with Gasteiger partial charge in [-0.05, 0) is 60.6 Å². The number of esters is 2. The van der Waals surface area contributed by atoms with Crippen LogP contribution in [0.3, 0.4) is 0 Å². The minimum Gasteiger partial charge on any atom is -0.465 e. The summed E-state index contributed by atoms with van der Waals surface area (Å²) in [6.45, 7) is 12.5. The topological polar surface area (TPSA) is 99.6 Å². The van der Waals surface area contributed by atoms with Crippen molar-refractivity contribution in [3.05, 3.63) is 46.0 Å². The number of carbonyl (C=O) groups is 3. The van der Waals surface area contributed by atoms with E-state index in [0.29, 0.717) is 22.5 Å². The molecule has 0 aliphatic heterocycles. The Morgan fingerprint density at radius 1 is 0.897 bits per heavy atom. The molecule has 0 amide bonds. The molecule has 0 aliphatic carbocycles. The van der Waals surface area contributed by atoms with E-state index >= 15 is 0 Å². The maximum atomic E-state index is 12.0. The number of rotatable bonds is 2. The number of H-pyrrole nitrogens is 1. The second-order valence-electron chi connectivity index (χ2n) is 7.57. The van der Waals surface area contributed by atoms with Gasteiger partial charge in [0.25, 0.3) is 0 Å². The van der Waals surface area contributed by atoms with E-state index in [1.54, 1.807) is 46.8 Å². The summed E-state index contributed by atoms with van der Waals surface area (Å²) in [5.74, 6) is -0.746. The fourth-order valence-electron chi connectivity index (χ4n) is 2.71.